The molecular weight excluding hydrogens is 336 g/mol. The van der Waals surface area contributed by atoms with Crippen LogP contribution in [0.5, 0.6) is 0 Å². The molecule has 7 heteroatoms. The second-order valence-electron chi connectivity index (χ2n) is 5.09. The maximum Gasteiger partial charge on any atom is 0.345 e. The summed E-state index contributed by atoms with van der Waals surface area (Å²) in [6.07, 6.45) is -0.430. The van der Waals surface area contributed by atoms with Gasteiger partial charge in [-0.2, -0.15) is 0 Å². The first kappa shape index (κ1) is 16.1. The van der Waals surface area contributed by atoms with Gasteiger partial charge in [-0.05, 0) is 41.8 Å². The van der Waals surface area contributed by atoms with E-state index < -0.39 is 29.9 Å². The summed E-state index contributed by atoms with van der Waals surface area (Å²) in [5.41, 5.74) is 0.138. The number of aromatic carboxylic acids is 1. The number of carbonyl (C=O) groups is 2. The molecule has 0 saturated carbocycles. The minimum Gasteiger partial charge on any atom is -0.477 e. The van der Waals surface area contributed by atoms with Crippen molar-refractivity contribution in [3.05, 3.63) is 64.5 Å². The highest BCUT2D eigenvalue weighted by atomic mass is 32.1. The van der Waals surface area contributed by atoms with Gasteiger partial charge in [-0.1, -0.05) is 6.07 Å². The first-order valence-corrected chi connectivity index (χ1v) is 7.75. The second kappa shape index (κ2) is 6.37. The van der Waals surface area contributed by atoms with E-state index in [-0.39, 0.29) is 10.4 Å². The van der Waals surface area contributed by atoms with E-state index in [1.54, 1.807) is 18.2 Å². The number of anilines is 1. The van der Waals surface area contributed by atoms with Gasteiger partial charge in [0.25, 0.3) is 0 Å². The summed E-state index contributed by atoms with van der Waals surface area (Å²) >= 11 is 1.13. The Balaban J connectivity index is 1.79. The van der Waals surface area contributed by atoms with Crippen molar-refractivity contribution in [3.63, 3.8) is 0 Å². The highest BCUT2D eigenvalue weighted by molar-refractivity contribution is 7.20. The van der Waals surface area contributed by atoms with Crippen LogP contribution in [0.25, 0.3) is 10.1 Å². The third-order valence-corrected chi connectivity index (χ3v) is 4.51. The molecule has 0 saturated heterocycles. The molecule has 1 heterocycles. The summed E-state index contributed by atoms with van der Waals surface area (Å²) < 4.78 is 27.9. The first-order chi connectivity index (χ1) is 11.4. The molecule has 24 heavy (non-hydrogen) atoms. The second-order valence-corrected chi connectivity index (χ2v) is 6.18. The van der Waals surface area contributed by atoms with Crippen molar-refractivity contribution in [2.45, 2.75) is 6.42 Å². The molecule has 122 valence electrons. The molecule has 0 fully saturated rings. The number of hydrogen-bond acceptors (Lipinski definition) is 3. The lowest BCUT2D eigenvalue weighted by Gasteiger charge is -2.07. The average molecular weight is 347 g/mol. The number of rotatable bonds is 4. The van der Waals surface area contributed by atoms with Gasteiger partial charge < -0.3 is 10.4 Å². The van der Waals surface area contributed by atoms with Gasteiger partial charge in [0.05, 0.1) is 6.42 Å². The molecule has 0 aliphatic carbocycles. The number of thiophene rings is 1. The fourth-order valence-electron chi connectivity index (χ4n) is 2.29. The molecular formula is C17H11F2NO3S. The number of carbonyl (C=O) groups excluding carboxylic acids is 1. The zero-order chi connectivity index (χ0) is 17.3. The van der Waals surface area contributed by atoms with E-state index in [4.69, 9.17) is 5.11 Å². The van der Waals surface area contributed by atoms with Gasteiger partial charge in [-0.25, -0.2) is 13.6 Å². The summed E-state index contributed by atoms with van der Waals surface area (Å²) in [5.74, 6) is -3.13. The van der Waals surface area contributed by atoms with Crippen molar-refractivity contribution in [2.24, 2.45) is 0 Å². The molecule has 1 amide bonds. The van der Waals surface area contributed by atoms with E-state index in [9.17, 15) is 18.4 Å². The molecule has 2 aromatic carbocycles. The normalized spacial score (nSPS) is 10.8. The highest BCUT2D eigenvalue weighted by Gasteiger charge is 2.14. The monoisotopic (exact) mass is 347 g/mol. The lowest BCUT2D eigenvalue weighted by Crippen LogP contribution is -2.16. The minimum atomic E-state index is -1.02. The Bertz CT molecular complexity index is 932. The minimum absolute atomic E-state index is 0.196. The van der Waals surface area contributed by atoms with Crippen molar-refractivity contribution >= 4 is 39.0 Å². The smallest absolute Gasteiger partial charge is 0.345 e. The van der Waals surface area contributed by atoms with Gasteiger partial charge in [-0.3, -0.25) is 4.79 Å². The zero-order valence-corrected chi connectivity index (χ0v) is 13.0. The maximum absolute atomic E-state index is 13.6. The lowest BCUT2D eigenvalue weighted by molar-refractivity contribution is -0.115. The van der Waals surface area contributed by atoms with Crippen molar-refractivity contribution in [3.8, 4) is 0 Å². The van der Waals surface area contributed by atoms with Gasteiger partial charge in [-0.15, -0.1) is 11.3 Å². The Morgan fingerprint density at radius 1 is 1.08 bits per heavy atom. The molecule has 0 radical (unpaired) electrons. The number of benzene rings is 2. The van der Waals surface area contributed by atoms with Gasteiger partial charge >= 0.3 is 5.97 Å². The van der Waals surface area contributed by atoms with Crippen molar-refractivity contribution in [1.82, 2.24) is 0 Å². The van der Waals surface area contributed by atoms with Gasteiger partial charge in [0.2, 0.25) is 5.91 Å². The molecule has 0 atom stereocenters. The topological polar surface area (TPSA) is 66.4 Å². The Kier molecular flexibility index (Phi) is 4.26. The Morgan fingerprint density at radius 2 is 1.79 bits per heavy atom. The fourth-order valence-corrected chi connectivity index (χ4v) is 3.18. The predicted octanol–water partition coefficient (Wildman–Crippen LogP) is 4.06. The van der Waals surface area contributed by atoms with Crippen LogP contribution in [0.4, 0.5) is 14.5 Å². The molecule has 0 unspecified atom stereocenters. The standard InChI is InChI=1S/C17H11F2NO3S/c18-12-2-1-3-13(19)11(12)8-16(21)20-10-4-5-14-9(6-10)7-15(24-14)17(22)23/h1-7H,8H2,(H,20,21)(H,22,23). The van der Waals surface area contributed by atoms with Crippen LogP contribution in [0, 0.1) is 11.6 Å². The van der Waals surface area contributed by atoms with Crippen LogP contribution in [0.1, 0.15) is 15.2 Å². The maximum atomic E-state index is 13.6. The quantitative estimate of drug-likeness (QED) is 0.748. The SMILES string of the molecule is O=C(Cc1c(F)cccc1F)Nc1ccc2sc(C(=O)O)cc2c1. The molecule has 3 aromatic rings. The number of fused-ring (bicyclic) bond motifs is 1. The van der Waals surface area contributed by atoms with Gasteiger partial charge in [0.15, 0.2) is 0 Å². The third-order valence-electron chi connectivity index (χ3n) is 3.41. The molecule has 0 aliphatic heterocycles. The van der Waals surface area contributed by atoms with E-state index in [1.165, 1.54) is 12.1 Å². The number of carboxylic acids is 1. The number of amides is 1. The third kappa shape index (κ3) is 3.26. The van der Waals surface area contributed by atoms with Crippen LogP contribution in [-0.2, 0) is 11.2 Å². The number of nitrogens with one attached hydrogen (secondary N) is 1. The summed E-state index contributed by atoms with van der Waals surface area (Å²) in [5, 5.41) is 12.2. The fraction of sp³-hybridized carbons (Fsp3) is 0.0588. The van der Waals surface area contributed by atoms with Crippen molar-refractivity contribution in [2.75, 3.05) is 5.32 Å². The van der Waals surface area contributed by atoms with Gasteiger partial charge in [0.1, 0.15) is 16.5 Å². The van der Waals surface area contributed by atoms with E-state index in [0.29, 0.717) is 11.1 Å². The number of halogens is 2. The molecule has 0 aliphatic rings. The summed E-state index contributed by atoms with van der Waals surface area (Å²) in [6, 6.07) is 9.85. The van der Waals surface area contributed by atoms with E-state index in [2.05, 4.69) is 5.32 Å². The Morgan fingerprint density at radius 3 is 2.46 bits per heavy atom. The first-order valence-electron chi connectivity index (χ1n) is 6.93. The molecule has 4 nitrogen and oxygen atoms in total. The number of hydrogen-bond donors (Lipinski definition) is 2. The number of carboxylic acid groups (broad SMARTS) is 1. The van der Waals surface area contributed by atoms with Crippen LogP contribution < -0.4 is 5.32 Å². The van der Waals surface area contributed by atoms with E-state index in [1.807, 2.05) is 0 Å². The average Bonchev–Trinajstić information content (AvgIpc) is 2.94. The van der Waals surface area contributed by atoms with Crippen LogP contribution >= 0.6 is 11.3 Å². The largest absolute Gasteiger partial charge is 0.477 e. The van der Waals surface area contributed by atoms with Crippen LogP contribution in [0.3, 0.4) is 0 Å². The van der Waals surface area contributed by atoms with Crippen molar-refractivity contribution < 1.29 is 23.5 Å². The zero-order valence-electron chi connectivity index (χ0n) is 12.2. The van der Waals surface area contributed by atoms with Crippen LogP contribution in [0.2, 0.25) is 0 Å². The van der Waals surface area contributed by atoms with Crippen LogP contribution in [0.15, 0.2) is 42.5 Å². The molecule has 0 bridgehead atoms. The summed E-state index contributed by atoms with van der Waals surface area (Å²) in [4.78, 5) is 23.2. The Hall–Kier alpha value is -2.80. The molecule has 1 aromatic heterocycles. The molecule has 2 N–H and O–H groups in total. The van der Waals surface area contributed by atoms with Crippen molar-refractivity contribution in [1.29, 1.82) is 0 Å². The summed E-state index contributed by atoms with van der Waals surface area (Å²) in [7, 11) is 0. The Labute approximate surface area is 139 Å². The highest BCUT2D eigenvalue weighted by Crippen LogP contribution is 2.28. The molecule has 3 rings (SSSR count). The summed E-state index contributed by atoms with van der Waals surface area (Å²) in [6.45, 7) is 0. The molecule has 0 spiro atoms. The van der Waals surface area contributed by atoms with E-state index in [0.717, 1.165) is 28.2 Å². The van der Waals surface area contributed by atoms with Gasteiger partial charge in [0, 0.05) is 16.0 Å². The lowest BCUT2D eigenvalue weighted by atomic mass is 10.1. The van der Waals surface area contributed by atoms with E-state index >= 15 is 0 Å². The van der Waals surface area contributed by atoms with Crippen LogP contribution in [-0.4, -0.2) is 17.0 Å². The predicted molar refractivity (Wildman–Crippen MR) is 87.5 cm³/mol.